The summed E-state index contributed by atoms with van der Waals surface area (Å²) in [5.41, 5.74) is 5.07. The molecule has 5 atom stereocenters. The molecule has 0 radical (unpaired) electrons. The molecule has 7 aliphatic heterocycles. The second-order valence-electron chi connectivity index (χ2n) is 35.4. The van der Waals surface area contributed by atoms with E-state index in [0.717, 1.165) is 121 Å². The second kappa shape index (κ2) is 42.7. The third-order valence-electron chi connectivity index (χ3n) is 24.5. The minimum absolute atomic E-state index is 0.0327. The Morgan fingerprint density at radius 1 is 0.500 bits per heavy atom. The predicted molar refractivity (Wildman–Crippen MR) is 472 cm³/mol. The summed E-state index contributed by atoms with van der Waals surface area (Å²) in [4.78, 5) is 47.5. The molecule has 0 saturated carbocycles. The van der Waals surface area contributed by atoms with E-state index in [1.807, 2.05) is 6.92 Å². The summed E-state index contributed by atoms with van der Waals surface area (Å²) >= 11 is 0. The van der Waals surface area contributed by atoms with Gasteiger partial charge in [0.1, 0.15) is 36.9 Å². The molecule has 7 aliphatic rings. The highest BCUT2D eigenvalue weighted by molar-refractivity contribution is 7.99. The molecule has 5 aromatic carbocycles. The van der Waals surface area contributed by atoms with Crippen LogP contribution in [0.25, 0.3) is 0 Å². The molecular formula is C92H100F21N17O7S. The van der Waals surface area contributed by atoms with Crippen LogP contribution < -0.4 is 51.3 Å². The van der Waals surface area contributed by atoms with Crippen molar-refractivity contribution in [2.24, 2.45) is 22.5 Å². The molecule has 6 N–H and O–H groups in total. The highest BCUT2D eigenvalue weighted by atomic mass is 32.2. The SMILES string of the molecule is C=S(C)(=O)CC1(CNc2ncnc(N3CC(F)(F)CC3c3ccc(C(F)(F)F)cc3)c2F)CCOCC1.CC(F)(F)Oc1ccc(C2COCCN2c2ncnc(NCc3ccc(CC(N)=O)cc3)c2F)c(F)c1.CC(F)(F)c1ccc(C2CC(F)(F)CN2c2ncnc(NCC3CCOCC3)c2F)cc1.CCC1(CNc2ncnc(N3CC(F)(F)CC3c3ccc(C(F)(F)F)cc3)c2F)COC1. The molecule has 1 amide bonds. The number of morpholine rings is 1. The van der Waals surface area contributed by atoms with Gasteiger partial charge in [-0.2, -0.15) is 52.7 Å². The molecule has 0 spiro atoms. The Morgan fingerprint density at radius 3 is 1.30 bits per heavy atom. The zero-order valence-corrected chi connectivity index (χ0v) is 75.7. The van der Waals surface area contributed by atoms with E-state index >= 15 is 17.6 Å². The van der Waals surface area contributed by atoms with Crippen LogP contribution in [0.3, 0.4) is 0 Å². The third-order valence-corrected chi connectivity index (χ3v) is 25.8. The Hall–Kier alpha value is -11.5. The molecule has 11 heterocycles. The van der Waals surface area contributed by atoms with Crippen LogP contribution in [0.4, 0.5) is 139 Å². The highest BCUT2D eigenvalue weighted by Crippen LogP contribution is 2.50. The van der Waals surface area contributed by atoms with Crippen molar-refractivity contribution in [1.82, 2.24) is 39.9 Å². The second-order valence-corrected chi connectivity index (χ2v) is 38.1. The van der Waals surface area contributed by atoms with Gasteiger partial charge in [0.15, 0.2) is 46.5 Å². The van der Waals surface area contributed by atoms with Crippen LogP contribution in [0, 0.1) is 45.8 Å². The zero-order valence-electron chi connectivity index (χ0n) is 74.9. The zero-order chi connectivity index (χ0) is 99.7. The maximum atomic E-state index is 15.6. The number of halogens is 21. The number of primary amides is 1. The predicted octanol–water partition coefficient (Wildman–Crippen LogP) is 19.0. The van der Waals surface area contributed by atoms with Gasteiger partial charge >= 0.3 is 18.5 Å². The molecule has 7 saturated heterocycles. The van der Waals surface area contributed by atoms with Gasteiger partial charge in [0.2, 0.25) is 29.2 Å². The van der Waals surface area contributed by atoms with Crippen molar-refractivity contribution in [3.63, 3.8) is 0 Å². The Labute approximate surface area is 780 Å². The number of alkyl halides is 16. The number of nitrogens with two attached hydrogens (primary N) is 1. The van der Waals surface area contributed by atoms with Crippen molar-refractivity contribution in [2.75, 3.05) is 152 Å². The molecule has 0 aliphatic carbocycles. The normalized spacial score (nSPS) is 20.6. The monoisotopic (exact) mass is 1990 g/mol. The number of hydrogen-bond donors (Lipinski definition) is 5. The number of carbonyl (C=O) groups is 1. The van der Waals surface area contributed by atoms with E-state index in [-0.39, 0.29) is 119 Å². The first kappa shape index (κ1) is 104. The molecule has 748 valence electrons. The van der Waals surface area contributed by atoms with Gasteiger partial charge in [-0.15, -0.1) is 0 Å². The molecule has 7 fully saturated rings. The summed E-state index contributed by atoms with van der Waals surface area (Å²) in [6, 6.07) is 19.7. The summed E-state index contributed by atoms with van der Waals surface area (Å²) < 4.78 is 332. The fourth-order valence-electron chi connectivity index (χ4n) is 17.2. The van der Waals surface area contributed by atoms with Gasteiger partial charge in [-0.05, 0) is 112 Å². The molecule has 5 unspecified atom stereocenters. The number of hydrogen-bond acceptors (Lipinski definition) is 23. The number of nitrogens with one attached hydrogen (secondary N) is 4. The van der Waals surface area contributed by atoms with E-state index < -0.39 is 166 Å². The number of rotatable bonds is 28. The Bertz CT molecular complexity index is 5740. The van der Waals surface area contributed by atoms with Crippen molar-refractivity contribution in [2.45, 2.75) is 151 Å². The van der Waals surface area contributed by atoms with Crippen LogP contribution in [0.5, 0.6) is 5.75 Å². The molecule has 138 heavy (non-hydrogen) atoms. The average Bonchev–Trinajstić information content (AvgIpc) is 1.56. The number of ether oxygens (including phenoxy) is 5. The van der Waals surface area contributed by atoms with Gasteiger partial charge in [-0.3, -0.25) is 9.00 Å². The number of aromatic nitrogens is 8. The largest absolute Gasteiger partial charge is 0.433 e. The summed E-state index contributed by atoms with van der Waals surface area (Å²) in [5, 5.41) is 11.8. The summed E-state index contributed by atoms with van der Waals surface area (Å²) in [6.45, 7) is 6.04. The topological polar surface area (TPSA) is 271 Å². The number of nitrogens with zero attached hydrogens (tertiary/aromatic N) is 12. The summed E-state index contributed by atoms with van der Waals surface area (Å²) in [5.74, 6) is -14.5. The minimum atomic E-state index is -4.57. The Kier molecular flexibility index (Phi) is 32.1. The van der Waals surface area contributed by atoms with Gasteiger partial charge in [0.25, 0.3) is 23.7 Å². The van der Waals surface area contributed by atoms with E-state index in [2.05, 4.69) is 71.7 Å². The lowest BCUT2D eigenvalue weighted by Gasteiger charge is -2.41. The molecule has 9 aromatic rings. The maximum absolute atomic E-state index is 15.6. The molecular weight excluding hydrogens is 1890 g/mol. The van der Waals surface area contributed by atoms with Crippen LogP contribution >= 0.6 is 0 Å². The van der Waals surface area contributed by atoms with Crippen LogP contribution in [-0.2, 0) is 64.5 Å². The van der Waals surface area contributed by atoms with Gasteiger partial charge in [-0.1, -0.05) is 85.8 Å². The summed E-state index contributed by atoms with van der Waals surface area (Å²) in [7, 11) is -2.37. The lowest BCUT2D eigenvalue weighted by molar-refractivity contribution is -0.159. The third kappa shape index (κ3) is 26.7. The van der Waals surface area contributed by atoms with Crippen molar-refractivity contribution in [3.05, 3.63) is 220 Å². The van der Waals surface area contributed by atoms with Gasteiger partial charge in [0.05, 0.1) is 87.8 Å². The Balaban J connectivity index is 0.000000156. The lowest BCUT2D eigenvalue weighted by Crippen LogP contribution is -2.47. The van der Waals surface area contributed by atoms with Crippen LogP contribution in [0.1, 0.15) is 146 Å². The number of anilines is 8. The van der Waals surface area contributed by atoms with E-state index in [9.17, 15) is 83.6 Å². The van der Waals surface area contributed by atoms with Crippen molar-refractivity contribution >= 4 is 67.8 Å². The minimum Gasteiger partial charge on any atom is -0.433 e. The van der Waals surface area contributed by atoms with Crippen LogP contribution in [0.15, 0.2) is 141 Å². The quantitative estimate of drug-likeness (QED) is 0.0225. The summed E-state index contributed by atoms with van der Waals surface area (Å²) in [6.07, 6.45) is -4.72. The van der Waals surface area contributed by atoms with Gasteiger partial charge in [0, 0.05) is 132 Å². The maximum Gasteiger partial charge on any atom is 0.416 e. The van der Waals surface area contributed by atoms with Gasteiger partial charge in [-0.25, -0.2) is 79.4 Å². The van der Waals surface area contributed by atoms with E-state index in [1.54, 1.807) is 35.4 Å². The fraction of sp³-hybridized carbons (Fsp3) is 0.478. The molecule has 4 aromatic heterocycles. The van der Waals surface area contributed by atoms with Gasteiger partial charge < -0.3 is 70.3 Å². The van der Waals surface area contributed by atoms with Crippen molar-refractivity contribution in [1.29, 1.82) is 0 Å². The highest BCUT2D eigenvalue weighted by Gasteiger charge is 2.52. The number of carbonyl (C=O) groups excluding carboxylic acids is 1. The first-order valence-electron chi connectivity index (χ1n) is 43.8. The average molecular weight is 1990 g/mol. The van der Waals surface area contributed by atoms with E-state index in [1.165, 1.54) is 47.6 Å². The standard InChI is InChI=1S/C25H25F4N5O3.C24H28F6N4O2S.C22H25F5N4O.C21H22F6N4O/c1-25(28,29)37-17-6-7-18(19(26)11-17)20-13-36-9-8-34(20)24-22(27)23(32-14-33-24)31-12-16-4-2-15(3-5-16)10-21(30)35;1-37(2,35)14-22(7-9-36-10-8-22)12-31-20-19(25)21(33-15-32-20)34-13-23(26,27)11-18(34)16-3-5-17(6-4-16)24(28,29)30;1-21(24,25)16-4-2-15(3-5-16)17-10-22(26,27)12-31(17)20-18(23)19(29-13-30-20)28-11-14-6-8-32-9-7-14;1-2-19(10-32-11-19)8-28-17-16(22)18(30-12-29-17)31-9-20(23,24)7-15(31)13-3-5-14(6-4-13)21(25,26)27/h2-7,11,14,20H,8-10,12-13H2,1H3,(H2,30,35)(H,31,32,33);3-6,15,18H,1,7-14H2,2H3,(H,31,32,33);2-5,13-14,17H,6-12H2,1H3,(H,28,29,30);3-6,12,15H,2,7-11H2,1H3,(H,28,29,30). The smallest absolute Gasteiger partial charge is 0.416 e. The molecule has 0 bridgehead atoms. The molecule has 24 nitrogen and oxygen atoms in total. The first-order chi connectivity index (χ1) is 65.0. The first-order valence-corrected chi connectivity index (χ1v) is 46.1. The van der Waals surface area contributed by atoms with E-state index in [4.69, 9.17) is 24.7 Å². The van der Waals surface area contributed by atoms with Crippen LogP contribution in [0.2, 0.25) is 0 Å². The lowest BCUT2D eigenvalue weighted by atomic mass is 9.82. The molecule has 46 heteroatoms. The number of amides is 1. The van der Waals surface area contributed by atoms with Crippen molar-refractivity contribution < 1.29 is 125 Å². The van der Waals surface area contributed by atoms with E-state index in [0.29, 0.717) is 89.7 Å². The van der Waals surface area contributed by atoms with Crippen LogP contribution in [-0.4, -0.2) is 190 Å². The Morgan fingerprint density at radius 2 is 0.906 bits per heavy atom. The molecule has 16 rings (SSSR count). The number of benzene rings is 5. The van der Waals surface area contributed by atoms with Crippen molar-refractivity contribution in [3.8, 4) is 5.75 Å². The fourth-order valence-corrected chi connectivity index (χ4v) is 18.9.